The molecule has 1 aliphatic heterocycles. The van der Waals surface area contributed by atoms with Crippen molar-refractivity contribution in [3.63, 3.8) is 0 Å². The van der Waals surface area contributed by atoms with Gasteiger partial charge in [-0.25, -0.2) is 0 Å². The number of carbonyl (C=O) groups is 1. The average molecular weight is 383 g/mol. The molecule has 0 radical (unpaired) electrons. The second kappa shape index (κ2) is 9.57. The Balaban J connectivity index is 1.52. The number of rotatable bonds is 7. The highest BCUT2D eigenvalue weighted by molar-refractivity contribution is 5.92. The van der Waals surface area contributed by atoms with Gasteiger partial charge < -0.3 is 19.7 Å². The minimum absolute atomic E-state index is 0.0259. The first kappa shape index (κ1) is 20.2. The van der Waals surface area contributed by atoms with E-state index in [1.165, 1.54) is 0 Å². The molecular formula is C22H29N3O3. The maximum Gasteiger partial charge on any atom is 0.238 e. The molecule has 28 heavy (non-hydrogen) atoms. The Kier molecular flexibility index (Phi) is 6.90. The number of ether oxygens (including phenoxy) is 2. The number of methoxy groups -OCH3 is 1. The normalized spacial score (nSPS) is 15.4. The van der Waals surface area contributed by atoms with Crippen LogP contribution < -0.4 is 15.0 Å². The molecule has 1 saturated heterocycles. The topological polar surface area (TPSA) is 54.0 Å². The Morgan fingerprint density at radius 3 is 2.39 bits per heavy atom. The number of hydrogen-bond donors (Lipinski definition) is 1. The lowest BCUT2D eigenvalue weighted by molar-refractivity contribution is -0.117. The number of anilines is 2. The first-order valence-electron chi connectivity index (χ1n) is 9.63. The van der Waals surface area contributed by atoms with E-state index >= 15 is 0 Å². The summed E-state index contributed by atoms with van der Waals surface area (Å²) in [5.41, 5.74) is 3.12. The lowest BCUT2D eigenvalue weighted by Gasteiger charge is -2.29. The number of likely N-dealkylation sites (N-methyl/N-ethyl adjacent to an activating group) is 1. The Labute approximate surface area is 167 Å². The first-order valence-corrected chi connectivity index (χ1v) is 9.63. The second-order valence-electron chi connectivity index (χ2n) is 7.06. The number of nitrogens with one attached hydrogen (secondary N) is 1. The lowest BCUT2D eigenvalue weighted by atomic mass is 10.1. The van der Waals surface area contributed by atoms with Crippen molar-refractivity contribution in [2.75, 3.05) is 57.2 Å². The fourth-order valence-corrected chi connectivity index (χ4v) is 3.28. The van der Waals surface area contributed by atoms with Crippen LogP contribution in [-0.2, 0) is 9.53 Å². The molecule has 1 fully saturated rings. The summed E-state index contributed by atoms with van der Waals surface area (Å²) in [4.78, 5) is 16.8. The van der Waals surface area contributed by atoms with Gasteiger partial charge in [-0.05, 0) is 55.9 Å². The summed E-state index contributed by atoms with van der Waals surface area (Å²) in [6, 6.07) is 16.1. The van der Waals surface area contributed by atoms with E-state index in [4.69, 9.17) is 9.47 Å². The van der Waals surface area contributed by atoms with Gasteiger partial charge in [0.15, 0.2) is 0 Å². The van der Waals surface area contributed by atoms with Gasteiger partial charge in [0, 0.05) is 30.5 Å². The molecule has 6 nitrogen and oxygen atoms in total. The van der Waals surface area contributed by atoms with Gasteiger partial charge in [-0.2, -0.15) is 0 Å². The van der Waals surface area contributed by atoms with E-state index in [1.54, 1.807) is 7.11 Å². The average Bonchev–Trinajstić information content (AvgIpc) is 2.74. The molecule has 1 heterocycles. The molecule has 2 aromatic carbocycles. The van der Waals surface area contributed by atoms with Crippen LogP contribution in [0.2, 0.25) is 0 Å². The molecule has 1 atom stereocenters. The van der Waals surface area contributed by atoms with Crippen LogP contribution in [0.15, 0.2) is 48.5 Å². The van der Waals surface area contributed by atoms with Crippen LogP contribution in [0.4, 0.5) is 11.4 Å². The van der Waals surface area contributed by atoms with Crippen molar-refractivity contribution in [3.8, 4) is 5.75 Å². The predicted octanol–water partition coefficient (Wildman–Crippen LogP) is 3.16. The first-order chi connectivity index (χ1) is 13.6. The van der Waals surface area contributed by atoms with Crippen molar-refractivity contribution in [2.24, 2.45) is 0 Å². The van der Waals surface area contributed by atoms with Gasteiger partial charge >= 0.3 is 0 Å². The molecule has 1 aliphatic rings. The van der Waals surface area contributed by atoms with Gasteiger partial charge in [-0.3, -0.25) is 9.69 Å². The Morgan fingerprint density at radius 1 is 1.14 bits per heavy atom. The summed E-state index contributed by atoms with van der Waals surface area (Å²) >= 11 is 0. The third-order valence-corrected chi connectivity index (χ3v) is 5.18. The van der Waals surface area contributed by atoms with Crippen LogP contribution in [0, 0.1) is 0 Å². The Bertz CT molecular complexity index is 756. The van der Waals surface area contributed by atoms with Crippen molar-refractivity contribution in [3.05, 3.63) is 54.1 Å². The number of carbonyl (C=O) groups excluding carboxylic acids is 1. The highest BCUT2D eigenvalue weighted by Crippen LogP contribution is 2.22. The summed E-state index contributed by atoms with van der Waals surface area (Å²) in [5, 5.41) is 2.98. The quantitative estimate of drug-likeness (QED) is 0.796. The molecule has 150 valence electrons. The van der Waals surface area contributed by atoms with E-state index in [1.807, 2.05) is 60.5 Å². The molecule has 0 bridgehead atoms. The Hall–Kier alpha value is -2.57. The summed E-state index contributed by atoms with van der Waals surface area (Å²) in [6.45, 7) is 5.73. The van der Waals surface area contributed by atoms with E-state index in [-0.39, 0.29) is 11.9 Å². The van der Waals surface area contributed by atoms with Crippen molar-refractivity contribution in [2.45, 2.75) is 13.0 Å². The predicted molar refractivity (Wildman–Crippen MR) is 112 cm³/mol. The fourth-order valence-electron chi connectivity index (χ4n) is 3.28. The molecule has 1 N–H and O–H groups in total. The Morgan fingerprint density at radius 2 is 1.79 bits per heavy atom. The molecule has 6 heteroatoms. The van der Waals surface area contributed by atoms with Crippen LogP contribution >= 0.6 is 0 Å². The van der Waals surface area contributed by atoms with Crippen molar-refractivity contribution < 1.29 is 14.3 Å². The standard InChI is InChI=1S/C22H29N3O3/c1-17(18-4-10-21(27-3)11-5-18)24(2)16-22(26)23-19-6-8-20(9-7-19)25-12-14-28-15-13-25/h4-11,17H,12-16H2,1-3H3,(H,23,26)/t17-/m0/s1. The van der Waals surface area contributed by atoms with Crippen LogP contribution in [0.3, 0.4) is 0 Å². The minimum atomic E-state index is -0.0259. The minimum Gasteiger partial charge on any atom is -0.497 e. The fraction of sp³-hybridized carbons (Fsp3) is 0.409. The zero-order chi connectivity index (χ0) is 19.9. The number of morpholine rings is 1. The van der Waals surface area contributed by atoms with Gasteiger partial charge in [-0.15, -0.1) is 0 Å². The summed E-state index contributed by atoms with van der Waals surface area (Å²) in [5.74, 6) is 0.804. The van der Waals surface area contributed by atoms with Crippen LogP contribution in [-0.4, -0.2) is 57.8 Å². The number of hydrogen-bond acceptors (Lipinski definition) is 5. The molecule has 2 aromatic rings. The third kappa shape index (κ3) is 5.24. The molecule has 3 rings (SSSR count). The number of amides is 1. The monoisotopic (exact) mass is 383 g/mol. The molecule has 0 aliphatic carbocycles. The van der Waals surface area contributed by atoms with Crippen LogP contribution in [0.25, 0.3) is 0 Å². The summed E-state index contributed by atoms with van der Waals surface area (Å²) in [6.07, 6.45) is 0. The van der Waals surface area contributed by atoms with E-state index in [0.29, 0.717) is 6.54 Å². The van der Waals surface area contributed by atoms with E-state index < -0.39 is 0 Å². The molecular weight excluding hydrogens is 354 g/mol. The van der Waals surface area contributed by atoms with Crippen molar-refractivity contribution >= 4 is 17.3 Å². The SMILES string of the molecule is COc1ccc([C@H](C)N(C)CC(=O)Nc2ccc(N3CCOCC3)cc2)cc1. The largest absolute Gasteiger partial charge is 0.497 e. The van der Waals surface area contributed by atoms with Crippen LogP contribution in [0.5, 0.6) is 5.75 Å². The maximum absolute atomic E-state index is 12.4. The molecule has 0 spiro atoms. The number of nitrogens with zero attached hydrogens (tertiary/aromatic N) is 2. The van der Waals surface area contributed by atoms with Gasteiger partial charge in [0.05, 0.1) is 26.9 Å². The molecule has 0 aromatic heterocycles. The van der Waals surface area contributed by atoms with Gasteiger partial charge in [0.2, 0.25) is 5.91 Å². The second-order valence-corrected chi connectivity index (χ2v) is 7.06. The smallest absolute Gasteiger partial charge is 0.238 e. The van der Waals surface area contributed by atoms with Gasteiger partial charge in [0.1, 0.15) is 5.75 Å². The highest BCUT2D eigenvalue weighted by atomic mass is 16.5. The molecule has 0 saturated carbocycles. The molecule has 0 unspecified atom stereocenters. The zero-order valence-electron chi connectivity index (χ0n) is 16.9. The van der Waals surface area contributed by atoms with E-state index in [0.717, 1.165) is 49.0 Å². The number of benzene rings is 2. The van der Waals surface area contributed by atoms with Crippen molar-refractivity contribution in [1.82, 2.24) is 4.90 Å². The van der Waals surface area contributed by atoms with Gasteiger partial charge in [0.25, 0.3) is 0 Å². The van der Waals surface area contributed by atoms with E-state index in [2.05, 4.69) is 17.1 Å². The maximum atomic E-state index is 12.4. The molecule has 1 amide bonds. The zero-order valence-corrected chi connectivity index (χ0v) is 16.9. The van der Waals surface area contributed by atoms with Gasteiger partial charge in [-0.1, -0.05) is 12.1 Å². The summed E-state index contributed by atoms with van der Waals surface area (Å²) in [7, 11) is 3.61. The highest BCUT2D eigenvalue weighted by Gasteiger charge is 2.16. The van der Waals surface area contributed by atoms with E-state index in [9.17, 15) is 4.79 Å². The summed E-state index contributed by atoms with van der Waals surface area (Å²) < 4.78 is 10.6. The third-order valence-electron chi connectivity index (χ3n) is 5.18. The lowest BCUT2D eigenvalue weighted by Crippen LogP contribution is -2.36. The van der Waals surface area contributed by atoms with Crippen molar-refractivity contribution in [1.29, 1.82) is 0 Å². The van der Waals surface area contributed by atoms with Crippen LogP contribution in [0.1, 0.15) is 18.5 Å².